The second-order valence-electron chi connectivity index (χ2n) is 4.26. The summed E-state index contributed by atoms with van der Waals surface area (Å²) >= 11 is 1.70. The van der Waals surface area contributed by atoms with E-state index in [1.807, 2.05) is 30.5 Å². The average molecular weight is 278 g/mol. The van der Waals surface area contributed by atoms with Crippen molar-refractivity contribution < 1.29 is 9.21 Å². The Kier molecular flexibility index (Phi) is 5.18. The standard InChI is InChI=1S/C14H18N2O2S/c1-2-15-14(17)11-16(9-12-5-3-7-18-12)10-13-6-4-8-19-13/h3-8H,2,9-11H2,1H3,(H,15,17). The predicted molar refractivity (Wildman–Crippen MR) is 75.8 cm³/mol. The third-order valence-electron chi connectivity index (χ3n) is 2.66. The van der Waals surface area contributed by atoms with Crippen LogP contribution in [0, 0.1) is 0 Å². The normalized spacial score (nSPS) is 10.8. The van der Waals surface area contributed by atoms with Crippen LogP contribution in [0.1, 0.15) is 17.6 Å². The quantitative estimate of drug-likeness (QED) is 0.846. The summed E-state index contributed by atoms with van der Waals surface area (Å²) in [7, 11) is 0. The van der Waals surface area contributed by atoms with Crippen LogP contribution in [-0.4, -0.2) is 23.9 Å². The number of nitrogens with zero attached hydrogens (tertiary/aromatic N) is 1. The lowest BCUT2D eigenvalue weighted by Crippen LogP contribution is -2.36. The first-order valence-electron chi connectivity index (χ1n) is 6.31. The summed E-state index contributed by atoms with van der Waals surface area (Å²) in [6, 6.07) is 7.90. The van der Waals surface area contributed by atoms with Gasteiger partial charge in [0.2, 0.25) is 5.91 Å². The third kappa shape index (κ3) is 4.54. The molecule has 102 valence electrons. The van der Waals surface area contributed by atoms with Gasteiger partial charge in [0, 0.05) is 18.0 Å². The topological polar surface area (TPSA) is 45.5 Å². The smallest absolute Gasteiger partial charge is 0.234 e. The Balaban J connectivity index is 1.97. The van der Waals surface area contributed by atoms with E-state index in [2.05, 4.69) is 16.3 Å². The number of thiophene rings is 1. The van der Waals surface area contributed by atoms with Crippen molar-refractivity contribution in [2.45, 2.75) is 20.0 Å². The molecule has 0 bridgehead atoms. The molecule has 0 aromatic carbocycles. The monoisotopic (exact) mass is 278 g/mol. The molecule has 2 rings (SSSR count). The molecule has 0 saturated heterocycles. The number of hydrogen-bond donors (Lipinski definition) is 1. The van der Waals surface area contributed by atoms with Crippen molar-refractivity contribution in [3.63, 3.8) is 0 Å². The molecule has 2 aromatic heterocycles. The highest BCUT2D eigenvalue weighted by atomic mass is 32.1. The molecule has 4 nitrogen and oxygen atoms in total. The van der Waals surface area contributed by atoms with Crippen LogP contribution in [0.2, 0.25) is 0 Å². The lowest BCUT2D eigenvalue weighted by molar-refractivity contribution is -0.122. The van der Waals surface area contributed by atoms with Gasteiger partial charge in [-0.25, -0.2) is 0 Å². The Morgan fingerprint density at radius 1 is 1.37 bits per heavy atom. The van der Waals surface area contributed by atoms with Crippen molar-refractivity contribution in [1.29, 1.82) is 0 Å². The van der Waals surface area contributed by atoms with Crippen molar-refractivity contribution in [3.8, 4) is 0 Å². The Morgan fingerprint density at radius 2 is 2.26 bits per heavy atom. The summed E-state index contributed by atoms with van der Waals surface area (Å²) in [4.78, 5) is 15.1. The van der Waals surface area contributed by atoms with Gasteiger partial charge in [0.15, 0.2) is 0 Å². The lowest BCUT2D eigenvalue weighted by atomic mass is 10.3. The highest BCUT2D eigenvalue weighted by Crippen LogP contribution is 2.14. The molecule has 0 aliphatic heterocycles. The SMILES string of the molecule is CCNC(=O)CN(Cc1ccco1)Cc1cccs1. The zero-order valence-corrected chi connectivity index (χ0v) is 11.8. The van der Waals surface area contributed by atoms with Crippen LogP contribution >= 0.6 is 11.3 Å². The number of carbonyl (C=O) groups excluding carboxylic acids is 1. The summed E-state index contributed by atoms with van der Waals surface area (Å²) in [5.74, 6) is 0.923. The Bertz CT molecular complexity index is 443. The maximum absolute atomic E-state index is 11.7. The minimum atomic E-state index is 0.0469. The van der Waals surface area contributed by atoms with Gasteiger partial charge in [-0.2, -0.15) is 0 Å². The van der Waals surface area contributed by atoms with Crippen molar-refractivity contribution >= 4 is 17.2 Å². The Labute approximate surface area is 117 Å². The summed E-state index contributed by atoms with van der Waals surface area (Å²) in [5, 5.41) is 4.88. The molecular formula is C14H18N2O2S. The second-order valence-corrected chi connectivity index (χ2v) is 5.29. The third-order valence-corrected chi connectivity index (χ3v) is 3.52. The van der Waals surface area contributed by atoms with Gasteiger partial charge < -0.3 is 9.73 Å². The molecule has 19 heavy (non-hydrogen) atoms. The zero-order valence-electron chi connectivity index (χ0n) is 11.0. The molecular weight excluding hydrogens is 260 g/mol. The molecule has 1 amide bonds. The minimum Gasteiger partial charge on any atom is -0.468 e. The van der Waals surface area contributed by atoms with Gasteiger partial charge in [0.05, 0.1) is 19.4 Å². The molecule has 0 aliphatic carbocycles. The number of carbonyl (C=O) groups is 1. The van der Waals surface area contributed by atoms with Crippen molar-refractivity contribution in [1.82, 2.24) is 10.2 Å². The molecule has 0 radical (unpaired) electrons. The predicted octanol–water partition coefficient (Wildman–Crippen LogP) is 2.48. The van der Waals surface area contributed by atoms with Crippen LogP contribution in [0.25, 0.3) is 0 Å². The second kappa shape index (κ2) is 7.11. The zero-order chi connectivity index (χ0) is 13.5. The summed E-state index contributed by atoms with van der Waals surface area (Å²) in [6.07, 6.45) is 1.66. The Hall–Kier alpha value is -1.59. The van der Waals surface area contributed by atoms with Gasteiger partial charge in [-0.05, 0) is 30.5 Å². The minimum absolute atomic E-state index is 0.0469. The van der Waals surface area contributed by atoms with Gasteiger partial charge in [-0.15, -0.1) is 11.3 Å². The molecule has 1 N–H and O–H groups in total. The first-order valence-corrected chi connectivity index (χ1v) is 7.19. The van der Waals surface area contributed by atoms with Crippen LogP contribution in [0.3, 0.4) is 0 Å². The summed E-state index contributed by atoms with van der Waals surface area (Å²) in [6.45, 7) is 4.37. The highest BCUT2D eigenvalue weighted by molar-refractivity contribution is 7.09. The number of amides is 1. The fraction of sp³-hybridized carbons (Fsp3) is 0.357. The molecule has 0 fully saturated rings. The molecule has 0 saturated carbocycles. The molecule has 0 unspecified atom stereocenters. The van der Waals surface area contributed by atoms with Crippen molar-refractivity contribution in [3.05, 3.63) is 46.5 Å². The van der Waals surface area contributed by atoms with Crippen LogP contribution in [0.15, 0.2) is 40.3 Å². The fourth-order valence-corrected chi connectivity index (χ4v) is 2.62. The Morgan fingerprint density at radius 3 is 2.89 bits per heavy atom. The van der Waals surface area contributed by atoms with Crippen molar-refractivity contribution in [2.24, 2.45) is 0 Å². The van der Waals surface area contributed by atoms with E-state index in [0.29, 0.717) is 19.6 Å². The summed E-state index contributed by atoms with van der Waals surface area (Å²) in [5.41, 5.74) is 0. The van der Waals surface area contributed by atoms with Gasteiger partial charge >= 0.3 is 0 Å². The van der Waals surface area contributed by atoms with E-state index in [1.54, 1.807) is 17.6 Å². The first kappa shape index (κ1) is 13.8. The number of nitrogens with one attached hydrogen (secondary N) is 1. The van der Waals surface area contributed by atoms with Gasteiger partial charge in [-0.3, -0.25) is 9.69 Å². The van der Waals surface area contributed by atoms with Crippen molar-refractivity contribution in [2.75, 3.05) is 13.1 Å². The first-order chi connectivity index (χ1) is 9.28. The molecule has 2 heterocycles. The lowest BCUT2D eigenvalue weighted by Gasteiger charge is -2.19. The number of hydrogen-bond acceptors (Lipinski definition) is 4. The number of likely N-dealkylation sites (N-methyl/N-ethyl adjacent to an activating group) is 1. The van der Waals surface area contributed by atoms with E-state index in [4.69, 9.17) is 4.42 Å². The van der Waals surface area contributed by atoms with E-state index in [1.165, 1.54) is 4.88 Å². The van der Waals surface area contributed by atoms with Crippen LogP contribution in [0.4, 0.5) is 0 Å². The fourth-order valence-electron chi connectivity index (χ4n) is 1.87. The van der Waals surface area contributed by atoms with Crippen LogP contribution in [0.5, 0.6) is 0 Å². The molecule has 2 aromatic rings. The van der Waals surface area contributed by atoms with E-state index in [0.717, 1.165) is 12.3 Å². The highest BCUT2D eigenvalue weighted by Gasteiger charge is 2.13. The number of furan rings is 1. The number of rotatable bonds is 7. The maximum atomic E-state index is 11.7. The molecule has 5 heteroatoms. The maximum Gasteiger partial charge on any atom is 0.234 e. The molecule has 0 atom stereocenters. The van der Waals surface area contributed by atoms with E-state index in [-0.39, 0.29) is 5.91 Å². The van der Waals surface area contributed by atoms with Crippen LogP contribution in [-0.2, 0) is 17.9 Å². The average Bonchev–Trinajstić information content (AvgIpc) is 3.02. The van der Waals surface area contributed by atoms with E-state index >= 15 is 0 Å². The van der Waals surface area contributed by atoms with E-state index < -0.39 is 0 Å². The molecule has 0 aliphatic rings. The van der Waals surface area contributed by atoms with Gasteiger partial charge in [0.1, 0.15) is 5.76 Å². The summed E-state index contributed by atoms with van der Waals surface area (Å²) < 4.78 is 5.35. The van der Waals surface area contributed by atoms with Gasteiger partial charge in [-0.1, -0.05) is 6.07 Å². The largest absolute Gasteiger partial charge is 0.468 e. The molecule has 0 spiro atoms. The van der Waals surface area contributed by atoms with Gasteiger partial charge in [0.25, 0.3) is 0 Å². The van der Waals surface area contributed by atoms with E-state index in [9.17, 15) is 4.79 Å². The van der Waals surface area contributed by atoms with Crippen LogP contribution < -0.4 is 5.32 Å².